The summed E-state index contributed by atoms with van der Waals surface area (Å²) in [4.78, 5) is 11.6. The van der Waals surface area contributed by atoms with Gasteiger partial charge in [0.05, 0.1) is 12.7 Å². The Bertz CT molecular complexity index is 521. The van der Waals surface area contributed by atoms with E-state index in [1.54, 1.807) is 6.92 Å². The summed E-state index contributed by atoms with van der Waals surface area (Å²) < 4.78 is 24.9. The van der Waals surface area contributed by atoms with Crippen LogP contribution in [0.4, 0.5) is 0 Å². The average Bonchev–Trinajstić information content (AvgIpc) is 2.45. The topological polar surface area (TPSA) is 77.8 Å². The van der Waals surface area contributed by atoms with Crippen molar-refractivity contribution in [2.75, 3.05) is 6.61 Å². The molecule has 0 fully saturated rings. The molecule has 0 N–H and O–H groups in total. The van der Waals surface area contributed by atoms with Gasteiger partial charge in [-0.15, -0.1) is 0 Å². The van der Waals surface area contributed by atoms with E-state index < -0.39 is 34.5 Å². The quantitative estimate of drug-likeness (QED) is 0.177. The van der Waals surface area contributed by atoms with Gasteiger partial charge < -0.3 is 17.1 Å². The van der Waals surface area contributed by atoms with Crippen LogP contribution in [0.1, 0.15) is 19.8 Å². The lowest BCUT2D eigenvalue weighted by molar-refractivity contribution is -0.139. The van der Waals surface area contributed by atoms with E-state index in [0.29, 0.717) is 24.5 Å². The van der Waals surface area contributed by atoms with Crippen molar-refractivity contribution in [2.45, 2.75) is 77.7 Å². The fourth-order valence-corrected chi connectivity index (χ4v) is 16.2. The molecule has 10 heteroatoms. The van der Waals surface area contributed by atoms with Gasteiger partial charge in [-0.25, -0.2) is 4.79 Å². The van der Waals surface area contributed by atoms with Crippen LogP contribution in [0.3, 0.4) is 0 Å². The molecule has 0 aromatic carbocycles. The second-order valence-corrected chi connectivity index (χ2v) is 23.3. The van der Waals surface area contributed by atoms with E-state index in [9.17, 15) is 4.79 Å². The number of rotatable bonds is 13. The lowest BCUT2D eigenvalue weighted by atomic mass is 10.4. The van der Waals surface area contributed by atoms with Crippen molar-refractivity contribution in [1.82, 2.24) is 0 Å². The summed E-state index contributed by atoms with van der Waals surface area (Å²) in [5, 5.41) is 8.87. The van der Waals surface area contributed by atoms with Crippen LogP contribution in [-0.2, 0) is 21.9 Å². The zero-order valence-electron chi connectivity index (χ0n) is 18.2. The first-order valence-corrected chi connectivity index (χ1v) is 20.2. The number of carbonyl (C=O) groups excluding carboxylic acids is 1. The van der Waals surface area contributed by atoms with Gasteiger partial charge in [0.1, 0.15) is 0 Å². The largest absolute Gasteiger partial charge is 0.469 e. The highest BCUT2D eigenvalue weighted by atomic mass is 28.5. The molecule has 0 bridgehead atoms. The van der Waals surface area contributed by atoms with Crippen molar-refractivity contribution >= 4 is 40.4 Å². The van der Waals surface area contributed by atoms with Gasteiger partial charge in [0.25, 0.3) is 0 Å². The zero-order chi connectivity index (χ0) is 21.3. The van der Waals surface area contributed by atoms with E-state index in [1.807, 2.05) is 0 Å². The maximum atomic E-state index is 11.6. The van der Waals surface area contributed by atoms with E-state index in [2.05, 4.69) is 58.5 Å². The Morgan fingerprint density at radius 2 is 1.63 bits per heavy atom. The van der Waals surface area contributed by atoms with Crippen molar-refractivity contribution in [3.8, 4) is 6.07 Å². The van der Waals surface area contributed by atoms with E-state index in [0.717, 1.165) is 6.04 Å². The minimum absolute atomic E-state index is 0.290. The fourth-order valence-electron chi connectivity index (χ4n) is 2.27. The first-order valence-electron chi connectivity index (χ1n) is 9.31. The Morgan fingerprint density at radius 3 is 2.04 bits per heavy atom. The van der Waals surface area contributed by atoms with Crippen LogP contribution in [0.25, 0.3) is 0 Å². The van der Waals surface area contributed by atoms with Crippen molar-refractivity contribution < 1.29 is 21.9 Å². The summed E-state index contributed by atoms with van der Waals surface area (Å²) in [6, 6.07) is 3.54. The number of nitrogens with zero attached hydrogens (tertiary/aromatic N) is 1. The predicted octanol–water partition coefficient (Wildman–Crippen LogP) is 4.69. The molecule has 1 radical (unpaired) electrons. The van der Waals surface area contributed by atoms with E-state index in [-0.39, 0.29) is 12.6 Å². The fraction of sp³-hybridized carbons (Fsp3) is 0.765. The van der Waals surface area contributed by atoms with Gasteiger partial charge in [0.15, 0.2) is 25.7 Å². The number of hydrogen-bond donors (Lipinski definition) is 0. The molecule has 0 aliphatic carbocycles. The maximum Gasteiger partial charge on any atom is 0.469 e. The third-order valence-corrected chi connectivity index (χ3v) is 15.0. The van der Waals surface area contributed by atoms with Gasteiger partial charge in [0, 0.05) is 18.0 Å². The summed E-state index contributed by atoms with van der Waals surface area (Å²) in [5.41, 5.74) is 0.391. The maximum absolute atomic E-state index is 11.6. The predicted molar refractivity (Wildman–Crippen MR) is 118 cm³/mol. The molecule has 0 rings (SSSR count). The second kappa shape index (κ2) is 11.4. The van der Waals surface area contributed by atoms with Crippen LogP contribution in [-0.4, -0.2) is 47.1 Å². The molecule has 0 aliphatic heterocycles. The summed E-state index contributed by atoms with van der Waals surface area (Å²) in [6.45, 7) is 20.4. The smallest absolute Gasteiger partial charge is 0.462 e. The van der Waals surface area contributed by atoms with Gasteiger partial charge in [-0.3, -0.25) is 0 Å². The SMILES string of the molecule is C=C(C)C(=O)OCCC[Si](O[Si](C)CCC#N)(O[Si](C)(C)C)O[Si](C)(C)C. The zero-order valence-corrected chi connectivity index (χ0v) is 22.2. The van der Waals surface area contributed by atoms with Gasteiger partial charge in [-0.2, -0.15) is 5.26 Å². The first kappa shape index (κ1) is 26.4. The monoisotopic (exact) mass is 446 g/mol. The molecule has 0 spiro atoms. The van der Waals surface area contributed by atoms with Crippen LogP contribution in [0, 0.1) is 11.3 Å². The lowest BCUT2D eigenvalue weighted by Crippen LogP contribution is -2.58. The van der Waals surface area contributed by atoms with Crippen molar-refractivity contribution in [2.24, 2.45) is 0 Å². The summed E-state index contributed by atoms with van der Waals surface area (Å²) in [6.07, 6.45) is 1.10. The molecule has 0 aromatic heterocycles. The number of nitriles is 1. The number of esters is 1. The van der Waals surface area contributed by atoms with E-state index in [1.165, 1.54) is 0 Å². The molecule has 0 saturated carbocycles. The minimum atomic E-state index is -2.93. The van der Waals surface area contributed by atoms with E-state index >= 15 is 0 Å². The van der Waals surface area contributed by atoms with Crippen LogP contribution < -0.4 is 0 Å². The Balaban J connectivity index is 5.33. The molecule has 0 atom stereocenters. The Kier molecular flexibility index (Phi) is 11.2. The first-order chi connectivity index (χ1) is 12.2. The third kappa shape index (κ3) is 13.3. The van der Waals surface area contributed by atoms with Crippen molar-refractivity contribution in [3.63, 3.8) is 0 Å². The van der Waals surface area contributed by atoms with Crippen molar-refractivity contribution in [1.29, 1.82) is 5.26 Å². The number of hydrogen-bond acceptors (Lipinski definition) is 6. The lowest BCUT2D eigenvalue weighted by Gasteiger charge is -2.41. The van der Waals surface area contributed by atoms with Gasteiger partial charge in [0.2, 0.25) is 0 Å². The Labute approximate surface area is 170 Å². The third-order valence-electron chi connectivity index (χ3n) is 3.05. The molecular formula is C17H36NO5Si4. The molecule has 0 aromatic rings. The van der Waals surface area contributed by atoms with Crippen molar-refractivity contribution in [3.05, 3.63) is 12.2 Å². The highest BCUT2D eigenvalue weighted by Crippen LogP contribution is 2.28. The van der Waals surface area contributed by atoms with Gasteiger partial charge in [-0.1, -0.05) is 6.58 Å². The minimum Gasteiger partial charge on any atom is -0.462 e. The summed E-state index contributed by atoms with van der Waals surface area (Å²) >= 11 is 0. The summed E-state index contributed by atoms with van der Waals surface area (Å²) in [7, 11) is -7.99. The molecule has 0 amide bonds. The highest BCUT2D eigenvalue weighted by Gasteiger charge is 2.48. The number of carbonyl (C=O) groups is 1. The molecule has 155 valence electrons. The average molecular weight is 447 g/mol. The standard InChI is InChI=1S/C17H36NO5Si4/c1-16(2)17(19)20-13-11-15-27(22-25(4,5)6,23-26(7,8)9)21-24(3)14-10-12-18/h1,10-11,13-15H2,2-9H3. The van der Waals surface area contributed by atoms with Crippen LogP contribution >= 0.6 is 0 Å². The van der Waals surface area contributed by atoms with E-state index in [4.69, 9.17) is 22.3 Å². The Morgan fingerprint density at radius 1 is 1.11 bits per heavy atom. The normalized spacial score (nSPS) is 12.7. The van der Waals surface area contributed by atoms with Gasteiger partial charge >= 0.3 is 14.8 Å². The molecule has 0 saturated heterocycles. The highest BCUT2D eigenvalue weighted by molar-refractivity contribution is 6.87. The molecule has 0 unspecified atom stereocenters. The summed E-state index contributed by atoms with van der Waals surface area (Å²) in [5.74, 6) is -0.380. The molecule has 0 heterocycles. The second-order valence-electron chi connectivity index (χ2n) is 8.59. The molecule has 6 nitrogen and oxygen atoms in total. The molecule has 0 aliphatic rings. The van der Waals surface area contributed by atoms with Crippen LogP contribution in [0.15, 0.2) is 12.2 Å². The molecule has 27 heavy (non-hydrogen) atoms. The van der Waals surface area contributed by atoms with Crippen LogP contribution in [0.2, 0.25) is 57.9 Å². The van der Waals surface area contributed by atoms with Crippen LogP contribution in [0.5, 0.6) is 0 Å². The molecular weight excluding hydrogens is 411 g/mol. The Hall–Kier alpha value is -0.552. The number of ether oxygens (including phenoxy) is 1. The van der Waals surface area contributed by atoms with Gasteiger partial charge in [-0.05, 0) is 65.2 Å².